The number of nitrogens with two attached hydrogens (primary N) is 1. The second kappa shape index (κ2) is 5.14. The monoisotopic (exact) mass is 328 g/mol. The van der Waals surface area contributed by atoms with Gasteiger partial charge in [0.25, 0.3) is 5.82 Å². The summed E-state index contributed by atoms with van der Waals surface area (Å²) < 4.78 is 88.7. The van der Waals surface area contributed by atoms with Crippen LogP contribution in [0.3, 0.4) is 0 Å². The van der Waals surface area contributed by atoms with Gasteiger partial charge in [0.2, 0.25) is 5.82 Å². The molecule has 2 aromatic rings. The van der Waals surface area contributed by atoms with Gasteiger partial charge in [-0.25, -0.2) is 9.07 Å². The summed E-state index contributed by atoms with van der Waals surface area (Å²) in [5.74, 6) is -4.64. The van der Waals surface area contributed by atoms with Crippen LogP contribution in [0, 0.1) is 5.82 Å². The molecule has 0 bridgehead atoms. The van der Waals surface area contributed by atoms with E-state index in [1.54, 1.807) is 0 Å². The lowest BCUT2D eigenvalue weighted by Crippen LogP contribution is -2.16. The topological polar surface area (TPSA) is 56.7 Å². The molecule has 22 heavy (non-hydrogen) atoms. The molecule has 0 unspecified atom stereocenters. The summed E-state index contributed by atoms with van der Waals surface area (Å²) in [7, 11) is 0. The van der Waals surface area contributed by atoms with Gasteiger partial charge >= 0.3 is 12.4 Å². The minimum absolute atomic E-state index is 0.0216. The van der Waals surface area contributed by atoms with Crippen molar-refractivity contribution in [1.82, 2.24) is 14.8 Å². The number of hydrogen-bond acceptors (Lipinski definition) is 3. The van der Waals surface area contributed by atoms with E-state index in [2.05, 4.69) is 10.1 Å². The molecule has 0 aliphatic heterocycles. The van der Waals surface area contributed by atoms with Gasteiger partial charge in [0.1, 0.15) is 5.82 Å². The van der Waals surface area contributed by atoms with Crippen LogP contribution in [0.2, 0.25) is 0 Å². The maximum Gasteiger partial charge on any atom is 0.453 e. The van der Waals surface area contributed by atoms with Crippen molar-refractivity contribution in [3.8, 4) is 0 Å². The standard InChI is InChI=1S/C11H7F7N4/c12-6-3-5(1-2-7(6)19)4-22-9(11(16,17)18)20-8(21-22)10(13,14)15/h1-3H,4,19H2. The molecule has 1 aromatic carbocycles. The molecule has 2 N–H and O–H groups in total. The van der Waals surface area contributed by atoms with E-state index in [1.165, 1.54) is 6.07 Å². The molecule has 0 saturated heterocycles. The summed E-state index contributed by atoms with van der Waals surface area (Å²) >= 11 is 0. The zero-order valence-electron chi connectivity index (χ0n) is 10.5. The van der Waals surface area contributed by atoms with Crippen molar-refractivity contribution in [3.05, 3.63) is 41.2 Å². The number of aromatic nitrogens is 3. The maximum atomic E-state index is 13.2. The predicted molar refractivity (Wildman–Crippen MR) is 59.9 cm³/mol. The molecule has 1 heterocycles. The van der Waals surface area contributed by atoms with E-state index in [0.717, 1.165) is 12.1 Å². The first-order valence-electron chi connectivity index (χ1n) is 5.61. The average molecular weight is 328 g/mol. The summed E-state index contributed by atoms with van der Waals surface area (Å²) in [5.41, 5.74) is 4.92. The van der Waals surface area contributed by atoms with Gasteiger partial charge in [-0.3, -0.25) is 0 Å². The van der Waals surface area contributed by atoms with Gasteiger partial charge in [0.05, 0.1) is 12.2 Å². The first-order chi connectivity index (χ1) is 9.98. The molecule has 0 radical (unpaired) electrons. The highest BCUT2D eigenvalue weighted by molar-refractivity contribution is 5.41. The van der Waals surface area contributed by atoms with Crippen molar-refractivity contribution >= 4 is 5.69 Å². The highest BCUT2D eigenvalue weighted by atomic mass is 19.4. The van der Waals surface area contributed by atoms with Crippen molar-refractivity contribution in [2.75, 3.05) is 5.73 Å². The lowest BCUT2D eigenvalue weighted by atomic mass is 10.2. The van der Waals surface area contributed by atoms with Crippen LogP contribution in [0.15, 0.2) is 18.2 Å². The van der Waals surface area contributed by atoms with Crippen LogP contribution < -0.4 is 5.73 Å². The lowest BCUT2D eigenvalue weighted by molar-refractivity contribution is -0.150. The number of anilines is 1. The van der Waals surface area contributed by atoms with Crippen molar-refractivity contribution in [2.24, 2.45) is 0 Å². The average Bonchev–Trinajstić information content (AvgIpc) is 2.77. The normalized spacial score (nSPS) is 12.7. The van der Waals surface area contributed by atoms with Crippen molar-refractivity contribution in [3.63, 3.8) is 0 Å². The molecule has 11 heteroatoms. The summed E-state index contributed by atoms with van der Waals surface area (Å²) in [6.45, 7) is -0.741. The Labute approximate surface area is 118 Å². The number of halogens is 7. The molecule has 4 nitrogen and oxygen atoms in total. The Balaban J connectivity index is 2.44. The van der Waals surface area contributed by atoms with Crippen LogP contribution in [0.5, 0.6) is 0 Å². The summed E-state index contributed by atoms with van der Waals surface area (Å²) in [5, 5.41) is 2.80. The van der Waals surface area contributed by atoms with E-state index in [-0.39, 0.29) is 15.9 Å². The van der Waals surface area contributed by atoms with E-state index in [1.807, 2.05) is 0 Å². The third-order valence-corrected chi connectivity index (χ3v) is 2.58. The summed E-state index contributed by atoms with van der Waals surface area (Å²) in [6.07, 6.45) is -10.3. The third kappa shape index (κ3) is 3.28. The van der Waals surface area contributed by atoms with Gasteiger partial charge < -0.3 is 5.73 Å². The number of alkyl halides is 6. The van der Waals surface area contributed by atoms with E-state index < -0.39 is 36.4 Å². The van der Waals surface area contributed by atoms with Gasteiger partial charge in [-0.05, 0) is 17.7 Å². The molecular formula is C11H7F7N4. The van der Waals surface area contributed by atoms with E-state index >= 15 is 0 Å². The molecule has 1 aromatic heterocycles. The highest BCUT2D eigenvalue weighted by Gasteiger charge is 2.43. The fourth-order valence-corrected chi connectivity index (χ4v) is 1.62. The van der Waals surface area contributed by atoms with Gasteiger partial charge in [-0.1, -0.05) is 6.07 Å². The largest absolute Gasteiger partial charge is 0.453 e. The molecule has 120 valence electrons. The van der Waals surface area contributed by atoms with Crippen LogP contribution in [0.25, 0.3) is 0 Å². The maximum absolute atomic E-state index is 13.2. The minimum Gasteiger partial charge on any atom is -0.396 e. The predicted octanol–water partition coefficient (Wildman–Crippen LogP) is 3.09. The van der Waals surface area contributed by atoms with Crippen LogP contribution in [-0.2, 0) is 18.9 Å². The summed E-state index contributed by atoms with van der Waals surface area (Å²) in [4.78, 5) is 2.47. The first kappa shape index (κ1) is 16.0. The Morgan fingerprint density at radius 1 is 1.05 bits per heavy atom. The Hall–Kier alpha value is -2.33. The van der Waals surface area contributed by atoms with E-state index in [4.69, 9.17) is 5.73 Å². The molecule has 0 spiro atoms. The summed E-state index contributed by atoms with van der Waals surface area (Å²) in [6, 6.07) is 3.07. The number of benzene rings is 1. The zero-order chi connectivity index (χ0) is 16.7. The Kier molecular flexibility index (Phi) is 3.75. The highest BCUT2D eigenvalue weighted by Crippen LogP contribution is 2.32. The molecule has 2 rings (SSSR count). The Morgan fingerprint density at radius 3 is 2.18 bits per heavy atom. The van der Waals surface area contributed by atoms with Crippen LogP contribution in [0.4, 0.5) is 36.4 Å². The van der Waals surface area contributed by atoms with Gasteiger partial charge in [-0.15, -0.1) is 5.10 Å². The van der Waals surface area contributed by atoms with Crippen molar-refractivity contribution < 1.29 is 30.7 Å². The zero-order valence-corrected chi connectivity index (χ0v) is 10.5. The number of rotatable bonds is 2. The fourth-order valence-electron chi connectivity index (χ4n) is 1.62. The van der Waals surface area contributed by atoms with Crippen LogP contribution in [-0.4, -0.2) is 14.8 Å². The SMILES string of the molecule is Nc1ccc(Cn2nc(C(F)(F)F)nc2C(F)(F)F)cc1F. The van der Waals surface area contributed by atoms with Gasteiger partial charge in [0.15, 0.2) is 0 Å². The molecular weight excluding hydrogens is 321 g/mol. The first-order valence-corrected chi connectivity index (χ1v) is 5.61. The Morgan fingerprint density at radius 2 is 1.68 bits per heavy atom. The smallest absolute Gasteiger partial charge is 0.396 e. The Bertz CT molecular complexity index is 687. The quantitative estimate of drug-likeness (QED) is 0.681. The second-order valence-corrected chi connectivity index (χ2v) is 4.27. The van der Waals surface area contributed by atoms with Crippen LogP contribution in [0.1, 0.15) is 17.2 Å². The number of nitrogen functional groups attached to an aromatic ring is 1. The van der Waals surface area contributed by atoms with Crippen molar-refractivity contribution in [1.29, 1.82) is 0 Å². The fraction of sp³-hybridized carbons (Fsp3) is 0.273. The molecule has 0 aliphatic rings. The number of hydrogen-bond donors (Lipinski definition) is 1. The minimum atomic E-state index is -5.14. The molecule has 0 amide bonds. The number of nitrogens with zero attached hydrogens (tertiary/aromatic N) is 3. The second-order valence-electron chi connectivity index (χ2n) is 4.27. The molecule has 0 aliphatic carbocycles. The van der Waals surface area contributed by atoms with Crippen LogP contribution >= 0.6 is 0 Å². The lowest BCUT2D eigenvalue weighted by Gasteiger charge is -2.09. The van der Waals surface area contributed by atoms with Gasteiger partial charge in [-0.2, -0.15) is 31.3 Å². The molecule has 0 atom stereocenters. The molecule has 0 saturated carbocycles. The van der Waals surface area contributed by atoms with Gasteiger partial charge in [0, 0.05) is 0 Å². The van der Waals surface area contributed by atoms with E-state index in [0.29, 0.717) is 0 Å². The van der Waals surface area contributed by atoms with E-state index in [9.17, 15) is 30.7 Å². The third-order valence-electron chi connectivity index (χ3n) is 2.58. The molecule has 0 fully saturated rings. The van der Waals surface area contributed by atoms with Crippen molar-refractivity contribution in [2.45, 2.75) is 18.9 Å².